The molecule has 1 heterocycles. The van der Waals surface area contributed by atoms with Gasteiger partial charge in [0.1, 0.15) is 5.69 Å². The Bertz CT molecular complexity index is 294. The van der Waals surface area contributed by atoms with Crippen LogP contribution in [0.5, 0.6) is 0 Å². The summed E-state index contributed by atoms with van der Waals surface area (Å²) in [6.45, 7) is 1.71. The van der Waals surface area contributed by atoms with Crippen molar-refractivity contribution in [3.05, 3.63) is 24.0 Å². The number of aliphatic hydroxyl groups is 1. The fourth-order valence-electron chi connectivity index (χ4n) is 1.04. The van der Waals surface area contributed by atoms with Crippen LogP contribution in [0.15, 0.2) is 18.3 Å². The number of aromatic nitrogens is 1. The van der Waals surface area contributed by atoms with Crippen molar-refractivity contribution in [2.45, 2.75) is 13.0 Å². The van der Waals surface area contributed by atoms with Gasteiger partial charge < -0.3 is 15.0 Å². The predicted octanol–water partition coefficient (Wildman–Crippen LogP) is 0.136. The van der Waals surface area contributed by atoms with E-state index in [1.807, 2.05) is 0 Å². The highest BCUT2D eigenvalue weighted by Gasteiger charge is 2.10. The molecule has 0 aliphatic rings. The zero-order valence-corrected chi connectivity index (χ0v) is 7.82. The molecule has 4 heteroatoms. The lowest BCUT2D eigenvalue weighted by molar-refractivity contribution is 0.0914. The molecule has 0 saturated heterocycles. The lowest BCUT2D eigenvalue weighted by Gasteiger charge is -2.10. The van der Waals surface area contributed by atoms with E-state index in [1.165, 1.54) is 0 Å². The molecule has 0 unspecified atom stereocenters. The van der Waals surface area contributed by atoms with Gasteiger partial charge in [0.05, 0.1) is 6.61 Å². The number of rotatable bonds is 3. The monoisotopic (exact) mass is 182 g/mol. The van der Waals surface area contributed by atoms with Crippen LogP contribution in [0.4, 0.5) is 0 Å². The van der Waals surface area contributed by atoms with Crippen molar-refractivity contribution in [3.8, 4) is 0 Å². The van der Waals surface area contributed by atoms with E-state index in [2.05, 4.69) is 5.32 Å². The fourth-order valence-corrected chi connectivity index (χ4v) is 1.04. The van der Waals surface area contributed by atoms with Gasteiger partial charge in [0.25, 0.3) is 5.91 Å². The summed E-state index contributed by atoms with van der Waals surface area (Å²) in [5.41, 5.74) is 0.598. The Kier molecular flexibility index (Phi) is 3.08. The van der Waals surface area contributed by atoms with E-state index in [0.29, 0.717) is 5.69 Å². The lowest BCUT2D eigenvalue weighted by Crippen LogP contribution is -2.35. The normalized spacial score (nSPS) is 12.5. The van der Waals surface area contributed by atoms with Gasteiger partial charge in [0.15, 0.2) is 0 Å². The van der Waals surface area contributed by atoms with Crippen LogP contribution in [-0.4, -0.2) is 28.2 Å². The van der Waals surface area contributed by atoms with Crippen molar-refractivity contribution < 1.29 is 9.90 Å². The molecule has 0 aliphatic heterocycles. The Labute approximate surface area is 77.2 Å². The molecule has 0 saturated carbocycles. The second-order valence-corrected chi connectivity index (χ2v) is 3.06. The number of carbonyl (C=O) groups is 1. The Morgan fingerprint density at radius 3 is 2.92 bits per heavy atom. The van der Waals surface area contributed by atoms with E-state index >= 15 is 0 Å². The van der Waals surface area contributed by atoms with Crippen LogP contribution < -0.4 is 5.32 Å². The smallest absolute Gasteiger partial charge is 0.268 e. The molecule has 1 aromatic rings. The first-order valence-corrected chi connectivity index (χ1v) is 4.18. The highest BCUT2D eigenvalue weighted by Crippen LogP contribution is 1.99. The average Bonchev–Trinajstić information content (AvgIpc) is 2.51. The highest BCUT2D eigenvalue weighted by atomic mass is 16.3. The summed E-state index contributed by atoms with van der Waals surface area (Å²) in [5.74, 6) is -0.158. The quantitative estimate of drug-likeness (QED) is 0.698. The van der Waals surface area contributed by atoms with Crippen molar-refractivity contribution in [2.75, 3.05) is 6.61 Å². The first-order chi connectivity index (χ1) is 6.15. The summed E-state index contributed by atoms with van der Waals surface area (Å²) in [6, 6.07) is 3.33. The number of hydrogen-bond acceptors (Lipinski definition) is 2. The molecule has 1 amide bonds. The van der Waals surface area contributed by atoms with E-state index in [1.54, 1.807) is 36.9 Å². The number of carbonyl (C=O) groups excluding carboxylic acids is 1. The number of nitrogens with zero attached hydrogens (tertiary/aromatic N) is 1. The van der Waals surface area contributed by atoms with E-state index in [9.17, 15) is 4.79 Å². The minimum atomic E-state index is -0.206. The van der Waals surface area contributed by atoms with Crippen molar-refractivity contribution in [2.24, 2.45) is 7.05 Å². The summed E-state index contributed by atoms with van der Waals surface area (Å²) in [7, 11) is 1.80. The molecule has 0 spiro atoms. The third kappa shape index (κ3) is 2.32. The standard InChI is InChI=1S/C9H14N2O2/c1-7(6-12)10-9(13)8-4-3-5-11(8)2/h3-5,7,12H,6H2,1-2H3,(H,10,13)/t7-/m1/s1. The second-order valence-electron chi connectivity index (χ2n) is 3.06. The van der Waals surface area contributed by atoms with Crippen LogP contribution in [0, 0.1) is 0 Å². The Morgan fingerprint density at radius 1 is 1.77 bits per heavy atom. The van der Waals surface area contributed by atoms with Crippen molar-refractivity contribution in [1.29, 1.82) is 0 Å². The highest BCUT2D eigenvalue weighted by molar-refractivity contribution is 5.92. The SMILES string of the molecule is C[C@H](CO)NC(=O)c1cccn1C. The van der Waals surface area contributed by atoms with Crippen molar-refractivity contribution in [1.82, 2.24) is 9.88 Å². The molecule has 0 radical (unpaired) electrons. The lowest BCUT2D eigenvalue weighted by atomic mass is 10.3. The minimum Gasteiger partial charge on any atom is -0.394 e. The van der Waals surface area contributed by atoms with E-state index in [4.69, 9.17) is 5.11 Å². The van der Waals surface area contributed by atoms with Gasteiger partial charge in [-0.25, -0.2) is 0 Å². The van der Waals surface area contributed by atoms with Crippen LogP contribution >= 0.6 is 0 Å². The van der Waals surface area contributed by atoms with Gasteiger partial charge in [-0.2, -0.15) is 0 Å². The third-order valence-corrected chi connectivity index (χ3v) is 1.83. The molecule has 1 rings (SSSR count). The number of nitrogens with one attached hydrogen (secondary N) is 1. The van der Waals surface area contributed by atoms with E-state index in [-0.39, 0.29) is 18.6 Å². The van der Waals surface area contributed by atoms with Gasteiger partial charge in [-0.05, 0) is 19.1 Å². The molecule has 2 N–H and O–H groups in total. The molecule has 72 valence electrons. The van der Waals surface area contributed by atoms with Gasteiger partial charge in [-0.15, -0.1) is 0 Å². The summed E-state index contributed by atoms with van der Waals surface area (Å²) in [4.78, 5) is 11.5. The molecule has 0 fully saturated rings. The summed E-state index contributed by atoms with van der Waals surface area (Å²) in [5, 5.41) is 11.4. The van der Waals surface area contributed by atoms with Crippen LogP contribution in [0.1, 0.15) is 17.4 Å². The fraction of sp³-hybridized carbons (Fsp3) is 0.444. The zero-order valence-electron chi connectivity index (χ0n) is 7.82. The molecular formula is C9H14N2O2. The minimum absolute atomic E-state index is 0.0455. The van der Waals surface area contributed by atoms with Crippen LogP contribution in [0.25, 0.3) is 0 Å². The summed E-state index contributed by atoms with van der Waals surface area (Å²) >= 11 is 0. The maximum absolute atomic E-state index is 11.5. The van der Waals surface area contributed by atoms with Gasteiger partial charge in [0, 0.05) is 19.3 Å². The van der Waals surface area contributed by atoms with Gasteiger partial charge in [0.2, 0.25) is 0 Å². The molecule has 0 aliphatic carbocycles. The Morgan fingerprint density at radius 2 is 2.46 bits per heavy atom. The molecular weight excluding hydrogens is 168 g/mol. The molecule has 0 aromatic carbocycles. The Balaban J connectivity index is 2.64. The number of hydrogen-bond donors (Lipinski definition) is 2. The first-order valence-electron chi connectivity index (χ1n) is 4.18. The predicted molar refractivity (Wildman–Crippen MR) is 49.4 cm³/mol. The van der Waals surface area contributed by atoms with Gasteiger partial charge in [-0.1, -0.05) is 0 Å². The van der Waals surface area contributed by atoms with Crippen LogP contribution in [0.2, 0.25) is 0 Å². The number of amides is 1. The molecule has 13 heavy (non-hydrogen) atoms. The summed E-state index contributed by atoms with van der Waals surface area (Å²) in [6.07, 6.45) is 1.80. The molecule has 0 bridgehead atoms. The molecule has 1 atom stereocenters. The first kappa shape index (κ1) is 9.80. The van der Waals surface area contributed by atoms with Crippen LogP contribution in [-0.2, 0) is 7.05 Å². The van der Waals surface area contributed by atoms with E-state index < -0.39 is 0 Å². The van der Waals surface area contributed by atoms with Gasteiger partial charge >= 0.3 is 0 Å². The van der Waals surface area contributed by atoms with Crippen LogP contribution in [0.3, 0.4) is 0 Å². The number of aryl methyl sites for hydroxylation is 1. The zero-order chi connectivity index (χ0) is 9.84. The van der Waals surface area contributed by atoms with Crippen molar-refractivity contribution >= 4 is 5.91 Å². The Hall–Kier alpha value is -1.29. The second kappa shape index (κ2) is 4.09. The number of aliphatic hydroxyl groups excluding tert-OH is 1. The maximum Gasteiger partial charge on any atom is 0.268 e. The summed E-state index contributed by atoms with van der Waals surface area (Å²) < 4.78 is 1.74. The third-order valence-electron chi connectivity index (χ3n) is 1.83. The average molecular weight is 182 g/mol. The molecule has 4 nitrogen and oxygen atoms in total. The van der Waals surface area contributed by atoms with Crippen molar-refractivity contribution in [3.63, 3.8) is 0 Å². The van der Waals surface area contributed by atoms with Gasteiger partial charge in [-0.3, -0.25) is 4.79 Å². The topological polar surface area (TPSA) is 54.3 Å². The largest absolute Gasteiger partial charge is 0.394 e. The molecule has 1 aromatic heterocycles. The maximum atomic E-state index is 11.5. The van der Waals surface area contributed by atoms with E-state index in [0.717, 1.165) is 0 Å².